The van der Waals surface area contributed by atoms with E-state index in [1.165, 1.54) is 417 Å². The summed E-state index contributed by atoms with van der Waals surface area (Å²) in [5.74, 6) is -0.0519. The Kier molecular flexibility index (Phi) is 73.6. The summed E-state index contributed by atoms with van der Waals surface area (Å²) < 4.78 is 0. The molecule has 0 aromatic carbocycles. The van der Waals surface area contributed by atoms with Crippen LogP contribution in [0.2, 0.25) is 0 Å². The first-order valence-corrected chi connectivity index (χ1v) is 38.9. The summed E-state index contributed by atoms with van der Waals surface area (Å²) in [5.41, 5.74) is 0. The second-order valence-corrected chi connectivity index (χ2v) is 27.1. The van der Waals surface area contributed by atoms with Crippen molar-refractivity contribution in [1.29, 1.82) is 0 Å². The molecule has 0 aromatic rings. The van der Waals surface area contributed by atoms with E-state index >= 15 is 0 Å². The smallest absolute Gasteiger partial charge is 0.220 e. The van der Waals surface area contributed by atoms with Crippen LogP contribution in [0.3, 0.4) is 0 Å². The first-order chi connectivity index (χ1) is 40.7. The van der Waals surface area contributed by atoms with Gasteiger partial charge in [0.25, 0.3) is 0 Å². The molecular weight excluding hydrogens is 999 g/mol. The van der Waals surface area contributed by atoms with Crippen LogP contribution >= 0.6 is 0 Å². The second-order valence-electron chi connectivity index (χ2n) is 27.1. The topological polar surface area (TPSA) is 69.6 Å². The highest BCUT2D eigenvalue weighted by Crippen LogP contribution is 2.21. The van der Waals surface area contributed by atoms with Gasteiger partial charge in [0.05, 0.1) is 18.8 Å². The summed E-state index contributed by atoms with van der Waals surface area (Å²) in [6.07, 6.45) is 101. The van der Waals surface area contributed by atoms with Gasteiger partial charge in [-0.3, -0.25) is 4.79 Å². The van der Waals surface area contributed by atoms with Crippen molar-refractivity contribution in [2.24, 2.45) is 0 Å². The van der Waals surface area contributed by atoms with Gasteiger partial charge in [0, 0.05) is 6.42 Å². The highest BCUT2D eigenvalue weighted by molar-refractivity contribution is 5.76. The van der Waals surface area contributed by atoms with E-state index in [0.717, 1.165) is 25.7 Å². The van der Waals surface area contributed by atoms with Crippen LogP contribution in [-0.4, -0.2) is 34.9 Å². The molecule has 0 saturated heterocycles. The molecule has 0 radical (unpaired) electrons. The number of hydrogen-bond donors (Lipinski definition) is 3. The molecule has 82 heavy (non-hydrogen) atoms. The van der Waals surface area contributed by atoms with Gasteiger partial charge in [0.1, 0.15) is 0 Å². The molecule has 0 spiro atoms. The van der Waals surface area contributed by atoms with Crippen LogP contribution in [0.4, 0.5) is 0 Å². The quantitative estimate of drug-likeness (QED) is 0.0420. The Morgan fingerprint density at radius 1 is 0.280 bits per heavy atom. The normalized spacial score (nSPS) is 12.6. The third-order valence-electron chi connectivity index (χ3n) is 18.8. The van der Waals surface area contributed by atoms with E-state index in [9.17, 15) is 15.0 Å². The predicted molar refractivity (Wildman–Crippen MR) is 369 cm³/mol. The van der Waals surface area contributed by atoms with Crippen LogP contribution in [0.15, 0.2) is 12.2 Å². The molecule has 4 nitrogen and oxygen atoms in total. The highest BCUT2D eigenvalue weighted by atomic mass is 16.3. The molecule has 0 aliphatic heterocycles. The van der Waals surface area contributed by atoms with Gasteiger partial charge in [0.15, 0.2) is 0 Å². The number of aliphatic hydroxyl groups excluding tert-OH is 2. The zero-order chi connectivity index (χ0) is 59.1. The first-order valence-electron chi connectivity index (χ1n) is 38.9. The summed E-state index contributed by atoms with van der Waals surface area (Å²) in [4.78, 5) is 12.6. The van der Waals surface area contributed by atoms with Gasteiger partial charge in [-0.2, -0.15) is 0 Å². The van der Waals surface area contributed by atoms with E-state index in [4.69, 9.17) is 0 Å². The van der Waals surface area contributed by atoms with Gasteiger partial charge in [-0.05, 0) is 19.3 Å². The van der Waals surface area contributed by atoms with Gasteiger partial charge >= 0.3 is 0 Å². The number of allylic oxidation sites excluding steroid dienone is 1. The Morgan fingerprint density at radius 2 is 0.451 bits per heavy atom. The first kappa shape index (κ1) is 81.1. The highest BCUT2D eigenvalue weighted by Gasteiger charge is 2.18. The molecule has 0 saturated carbocycles. The molecule has 0 heterocycles. The van der Waals surface area contributed by atoms with E-state index in [-0.39, 0.29) is 12.5 Å². The maximum absolute atomic E-state index is 12.6. The molecule has 2 atom stereocenters. The van der Waals surface area contributed by atoms with Crippen molar-refractivity contribution in [2.45, 2.75) is 475 Å². The number of unbranched alkanes of at least 4 members (excludes halogenated alkanes) is 67. The minimum absolute atomic E-state index is 0.0519. The van der Waals surface area contributed by atoms with Crippen LogP contribution in [0.5, 0.6) is 0 Å². The van der Waals surface area contributed by atoms with Crippen molar-refractivity contribution in [2.75, 3.05) is 6.61 Å². The standard InChI is InChI=1S/C78H155NO3/c1-3-5-7-9-11-13-15-17-19-21-23-25-27-29-31-33-35-37-38-39-40-42-44-46-48-50-52-54-56-58-60-62-64-66-68-70-72-74-78(82)79-76(75-80)77(81)73-71-69-67-65-63-61-59-57-55-53-51-49-47-45-43-41-36-34-32-30-28-26-24-22-20-18-16-14-12-10-8-6-4-2/h71,73,76-77,80-81H,3-70,72,74-75H2,1-2H3,(H,79,82)/b73-71+. The zero-order valence-corrected chi connectivity index (χ0v) is 56.8. The van der Waals surface area contributed by atoms with Gasteiger partial charge < -0.3 is 15.5 Å². The number of carbonyl (C=O) groups excluding carboxylic acids is 1. The van der Waals surface area contributed by atoms with Crippen molar-refractivity contribution in [3.8, 4) is 0 Å². The lowest BCUT2D eigenvalue weighted by molar-refractivity contribution is -0.123. The third kappa shape index (κ3) is 69.9. The lowest BCUT2D eigenvalue weighted by Crippen LogP contribution is -2.45. The molecule has 0 aliphatic rings. The largest absolute Gasteiger partial charge is 0.394 e. The molecular formula is C78H155NO3. The van der Waals surface area contributed by atoms with E-state index in [1.54, 1.807) is 6.08 Å². The SMILES string of the molecule is CCCCCCCCCCCCCCCCCCCCCCCCCCCCCCCCC/C=C/C(O)C(CO)NC(=O)CCCCCCCCCCCCCCCCCCCCCCCCCCCCCCCCCCCCCCC. The van der Waals surface area contributed by atoms with E-state index in [0.29, 0.717) is 6.42 Å². The Hall–Kier alpha value is -0.870. The van der Waals surface area contributed by atoms with E-state index in [2.05, 4.69) is 19.2 Å². The number of rotatable bonds is 74. The van der Waals surface area contributed by atoms with Gasteiger partial charge in [-0.15, -0.1) is 0 Å². The second kappa shape index (κ2) is 74.4. The van der Waals surface area contributed by atoms with Crippen LogP contribution in [0.1, 0.15) is 463 Å². The number of amides is 1. The molecule has 2 unspecified atom stereocenters. The average molecular weight is 1160 g/mol. The minimum atomic E-state index is -0.838. The Labute approximate surface area is 517 Å². The molecule has 4 heteroatoms. The van der Waals surface area contributed by atoms with Crippen molar-refractivity contribution in [3.05, 3.63) is 12.2 Å². The average Bonchev–Trinajstić information content (AvgIpc) is 3.50. The molecule has 0 bridgehead atoms. The van der Waals surface area contributed by atoms with Crippen molar-refractivity contribution in [3.63, 3.8) is 0 Å². The number of hydrogen-bond acceptors (Lipinski definition) is 3. The van der Waals surface area contributed by atoms with Crippen LogP contribution in [0, 0.1) is 0 Å². The fourth-order valence-corrected chi connectivity index (χ4v) is 12.9. The zero-order valence-electron chi connectivity index (χ0n) is 56.8. The van der Waals surface area contributed by atoms with Crippen molar-refractivity contribution >= 4 is 5.91 Å². The number of aliphatic hydroxyl groups is 2. The number of carbonyl (C=O) groups is 1. The fourth-order valence-electron chi connectivity index (χ4n) is 12.9. The maximum atomic E-state index is 12.6. The lowest BCUT2D eigenvalue weighted by atomic mass is 10.0. The molecule has 1 amide bonds. The van der Waals surface area contributed by atoms with E-state index in [1.807, 2.05) is 6.08 Å². The summed E-state index contributed by atoms with van der Waals surface area (Å²) in [6.45, 7) is 4.37. The monoisotopic (exact) mass is 1150 g/mol. The van der Waals surface area contributed by atoms with Crippen molar-refractivity contribution in [1.82, 2.24) is 5.32 Å². The molecule has 490 valence electrons. The number of nitrogens with one attached hydrogen (secondary N) is 1. The molecule has 0 fully saturated rings. The van der Waals surface area contributed by atoms with Gasteiger partial charge in [0.2, 0.25) is 5.91 Å². The fraction of sp³-hybridized carbons (Fsp3) is 0.962. The molecule has 0 rings (SSSR count). The summed E-state index contributed by atoms with van der Waals surface area (Å²) >= 11 is 0. The Bertz CT molecular complexity index is 1170. The van der Waals surface area contributed by atoms with Gasteiger partial charge in [-0.1, -0.05) is 450 Å². The van der Waals surface area contributed by atoms with Crippen molar-refractivity contribution < 1.29 is 15.0 Å². The Balaban J connectivity index is 3.37. The van der Waals surface area contributed by atoms with Gasteiger partial charge in [-0.25, -0.2) is 0 Å². The Morgan fingerprint density at radius 3 is 0.634 bits per heavy atom. The molecule has 0 aliphatic carbocycles. The van der Waals surface area contributed by atoms with E-state index < -0.39 is 12.1 Å². The van der Waals surface area contributed by atoms with Crippen LogP contribution < -0.4 is 5.32 Å². The maximum Gasteiger partial charge on any atom is 0.220 e. The lowest BCUT2D eigenvalue weighted by Gasteiger charge is -2.20. The molecule has 3 N–H and O–H groups in total. The summed E-state index contributed by atoms with van der Waals surface area (Å²) in [5, 5.41) is 23.4. The summed E-state index contributed by atoms with van der Waals surface area (Å²) in [7, 11) is 0. The van der Waals surface area contributed by atoms with Crippen LogP contribution in [-0.2, 0) is 4.79 Å². The summed E-state index contributed by atoms with van der Waals surface area (Å²) in [6, 6.07) is -0.620. The minimum Gasteiger partial charge on any atom is -0.394 e. The third-order valence-corrected chi connectivity index (χ3v) is 18.8. The predicted octanol–water partition coefficient (Wildman–Crippen LogP) is 26.7. The van der Waals surface area contributed by atoms with Crippen LogP contribution in [0.25, 0.3) is 0 Å². The molecule has 0 aromatic heterocycles.